The molecule has 1 unspecified atom stereocenters. The van der Waals surface area contributed by atoms with Crippen molar-refractivity contribution in [3.8, 4) is 6.07 Å². The maximum Gasteiger partial charge on any atom is 0.241 e. The Hall–Kier alpha value is -1.82. The minimum Gasteiger partial charge on any atom is -0.354 e. The van der Waals surface area contributed by atoms with Crippen molar-refractivity contribution in [2.75, 3.05) is 6.54 Å². The Morgan fingerprint density at radius 2 is 2.11 bits per heavy atom. The number of nitriles is 1. The summed E-state index contributed by atoms with van der Waals surface area (Å²) in [6.45, 7) is 2.87. The van der Waals surface area contributed by atoms with E-state index < -0.39 is 5.92 Å². The monoisotopic (exact) mass is 256 g/mol. The molecule has 0 aromatic heterocycles. The first-order valence-corrected chi connectivity index (χ1v) is 6.93. The molecule has 1 aromatic carbocycles. The molecule has 1 fully saturated rings. The van der Waals surface area contributed by atoms with Crippen LogP contribution in [0.3, 0.4) is 0 Å². The fraction of sp³-hybridized carbons (Fsp3) is 0.500. The van der Waals surface area contributed by atoms with Crippen LogP contribution in [-0.4, -0.2) is 12.5 Å². The molecule has 1 saturated carbocycles. The van der Waals surface area contributed by atoms with Gasteiger partial charge in [0.15, 0.2) is 0 Å². The summed E-state index contributed by atoms with van der Waals surface area (Å²) < 4.78 is 0. The predicted molar refractivity (Wildman–Crippen MR) is 74.4 cm³/mol. The number of amides is 1. The fourth-order valence-corrected chi connectivity index (χ4v) is 2.64. The Balaban J connectivity index is 1.97. The first-order valence-electron chi connectivity index (χ1n) is 6.93. The van der Waals surface area contributed by atoms with Crippen molar-refractivity contribution >= 4 is 5.91 Å². The number of rotatable bonds is 5. The van der Waals surface area contributed by atoms with Crippen molar-refractivity contribution in [1.82, 2.24) is 5.32 Å². The van der Waals surface area contributed by atoms with Gasteiger partial charge in [0.1, 0.15) is 5.92 Å². The van der Waals surface area contributed by atoms with Crippen LogP contribution in [0.1, 0.15) is 44.1 Å². The maximum atomic E-state index is 12.1. The van der Waals surface area contributed by atoms with Crippen molar-refractivity contribution in [3.05, 3.63) is 35.9 Å². The van der Waals surface area contributed by atoms with E-state index in [0.717, 1.165) is 12.0 Å². The molecule has 19 heavy (non-hydrogen) atoms. The van der Waals surface area contributed by atoms with Gasteiger partial charge in [-0.2, -0.15) is 5.26 Å². The molecule has 0 bridgehead atoms. The van der Waals surface area contributed by atoms with Crippen LogP contribution in [0.25, 0.3) is 0 Å². The second-order valence-electron chi connectivity index (χ2n) is 5.40. The Bertz CT molecular complexity index is 466. The van der Waals surface area contributed by atoms with Crippen LogP contribution in [0.2, 0.25) is 0 Å². The molecule has 3 heteroatoms. The van der Waals surface area contributed by atoms with Crippen molar-refractivity contribution in [3.63, 3.8) is 0 Å². The fourth-order valence-electron chi connectivity index (χ4n) is 2.64. The second-order valence-corrected chi connectivity index (χ2v) is 5.40. The van der Waals surface area contributed by atoms with Crippen LogP contribution in [0.4, 0.5) is 0 Å². The van der Waals surface area contributed by atoms with Gasteiger partial charge in [-0.1, -0.05) is 43.7 Å². The highest BCUT2D eigenvalue weighted by atomic mass is 16.1. The van der Waals surface area contributed by atoms with E-state index in [1.165, 1.54) is 19.3 Å². The largest absolute Gasteiger partial charge is 0.354 e. The summed E-state index contributed by atoms with van der Waals surface area (Å²) in [7, 11) is 0. The molecule has 1 atom stereocenters. The molecule has 1 aliphatic carbocycles. The van der Waals surface area contributed by atoms with Gasteiger partial charge in [-0.05, 0) is 30.2 Å². The number of nitrogens with one attached hydrogen (secondary N) is 1. The lowest BCUT2D eigenvalue weighted by atomic mass is 9.67. The average Bonchev–Trinajstić information content (AvgIpc) is 2.40. The molecule has 100 valence electrons. The molecular formula is C16H20N2O. The van der Waals surface area contributed by atoms with Gasteiger partial charge in [0.2, 0.25) is 5.91 Å². The predicted octanol–water partition coefficient (Wildman–Crippen LogP) is 2.99. The van der Waals surface area contributed by atoms with Crippen LogP contribution in [0, 0.1) is 16.7 Å². The zero-order chi connectivity index (χ0) is 13.7. The van der Waals surface area contributed by atoms with Crippen LogP contribution in [0.5, 0.6) is 0 Å². The third-order valence-corrected chi connectivity index (χ3v) is 4.33. The van der Waals surface area contributed by atoms with Gasteiger partial charge in [0.05, 0.1) is 6.07 Å². The molecule has 1 N–H and O–H groups in total. The van der Waals surface area contributed by atoms with E-state index in [-0.39, 0.29) is 11.3 Å². The molecule has 1 aliphatic rings. The molecule has 2 rings (SSSR count). The van der Waals surface area contributed by atoms with E-state index in [0.29, 0.717) is 6.54 Å². The Morgan fingerprint density at radius 3 is 2.58 bits per heavy atom. The summed E-state index contributed by atoms with van der Waals surface area (Å²) >= 11 is 0. The number of hydrogen-bond acceptors (Lipinski definition) is 2. The van der Waals surface area contributed by atoms with Crippen LogP contribution in [-0.2, 0) is 4.79 Å². The average molecular weight is 256 g/mol. The summed E-state index contributed by atoms with van der Waals surface area (Å²) in [6, 6.07) is 11.3. The lowest BCUT2D eigenvalue weighted by Gasteiger charge is -2.41. The molecule has 1 amide bonds. The minimum atomic E-state index is -0.699. The topological polar surface area (TPSA) is 52.9 Å². The third-order valence-electron chi connectivity index (χ3n) is 4.33. The number of carbonyl (C=O) groups excluding carboxylic acids is 1. The smallest absolute Gasteiger partial charge is 0.241 e. The lowest BCUT2D eigenvalue weighted by molar-refractivity contribution is -0.122. The van der Waals surface area contributed by atoms with Gasteiger partial charge >= 0.3 is 0 Å². The summed E-state index contributed by atoms with van der Waals surface area (Å²) in [4.78, 5) is 12.1. The van der Waals surface area contributed by atoms with Gasteiger partial charge in [0, 0.05) is 6.54 Å². The Labute approximate surface area is 114 Å². The van der Waals surface area contributed by atoms with Gasteiger partial charge in [-0.3, -0.25) is 4.79 Å². The van der Waals surface area contributed by atoms with E-state index in [9.17, 15) is 10.1 Å². The van der Waals surface area contributed by atoms with Gasteiger partial charge in [-0.15, -0.1) is 0 Å². The zero-order valence-corrected chi connectivity index (χ0v) is 11.4. The first-order chi connectivity index (χ1) is 9.21. The molecule has 0 spiro atoms. The summed E-state index contributed by atoms with van der Waals surface area (Å²) in [5.74, 6) is -0.872. The van der Waals surface area contributed by atoms with Crippen molar-refractivity contribution < 1.29 is 4.79 Å². The highest BCUT2D eigenvalue weighted by Gasteiger charge is 2.35. The van der Waals surface area contributed by atoms with Crippen LogP contribution >= 0.6 is 0 Å². The molecule has 0 aliphatic heterocycles. The van der Waals surface area contributed by atoms with Gasteiger partial charge < -0.3 is 5.32 Å². The Kier molecular flexibility index (Phi) is 4.21. The van der Waals surface area contributed by atoms with Crippen molar-refractivity contribution in [1.29, 1.82) is 5.26 Å². The molecule has 0 saturated heterocycles. The number of benzene rings is 1. The maximum absolute atomic E-state index is 12.1. The lowest BCUT2D eigenvalue weighted by Crippen LogP contribution is -2.43. The first kappa shape index (κ1) is 13.6. The highest BCUT2D eigenvalue weighted by molar-refractivity contribution is 5.86. The second kappa shape index (κ2) is 5.88. The van der Waals surface area contributed by atoms with Crippen molar-refractivity contribution in [2.45, 2.75) is 38.5 Å². The number of nitrogens with zero attached hydrogens (tertiary/aromatic N) is 1. The molecular weight excluding hydrogens is 236 g/mol. The quantitative estimate of drug-likeness (QED) is 0.880. The van der Waals surface area contributed by atoms with E-state index in [1.54, 1.807) is 0 Å². The summed E-state index contributed by atoms with van der Waals surface area (Å²) in [6.07, 6.45) is 4.72. The van der Waals surface area contributed by atoms with E-state index in [1.807, 2.05) is 30.3 Å². The standard InChI is InChI=1S/C16H20N2O/c1-2-16(9-6-10-16)12-18-15(19)14(11-17)13-7-4-3-5-8-13/h3-5,7-8,14H,2,6,9-10,12H2,1H3,(H,18,19). The number of hydrogen-bond donors (Lipinski definition) is 1. The summed E-state index contributed by atoms with van der Waals surface area (Å²) in [5.41, 5.74) is 1.05. The number of carbonyl (C=O) groups is 1. The highest BCUT2D eigenvalue weighted by Crippen LogP contribution is 2.43. The van der Waals surface area contributed by atoms with E-state index in [4.69, 9.17) is 0 Å². The Morgan fingerprint density at radius 1 is 1.42 bits per heavy atom. The van der Waals surface area contributed by atoms with Gasteiger partial charge in [0.25, 0.3) is 0 Å². The molecule has 0 heterocycles. The molecule has 3 nitrogen and oxygen atoms in total. The zero-order valence-electron chi connectivity index (χ0n) is 11.4. The third kappa shape index (κ3) is 2.96. The molecule has 0 radical (unpaired) electrons. The normalized spacial score (nSPS) is 17.9. The van der Waals surface area contributed by atoms with Crippen LogP contribution < -0.4 is 5.32 Å². The van der Waals surface area contributed by atoms with E-state index >= 15 is 0 Å². The van der Waals surface area contributed by atoms with Gasteiger partial charge in [-0.25, -0.2) is 0 Å². The SMILES string of the molecule is CCC1(CNC(=O)C(C#N)c2ccccc2)CCC1. The minimum absolute atomic E-state index is 0.173. The molecule has 1 aromatic rings. The van der Waals surface area contributed by atoms with Crippen molar-refractivity contribution in [2.24, 2.45) is 5.41 Å². The summed E-state index contributed by atoms with van der Waals surface area (Å²) in [5, 5.41) is 12.2. The van der Waals surface area contributed by atoms with E-state index in [2.05, 4.69) is 18.3 Å². The van der Waals surface area contributed by atoms with Crippen LogP contribution in [0.15, 0.2) is 30.3 Å².